The molecule has 76 valence electrons. The summed E-state index contributed by atoms with van der Waals surface area (Å²) in [5, 5.41) is 2.62. The molecule has 0 aliphatic rings. The zero-order valence-corrected chi connectivity index (χ0v) is 8.39. The maximum absolute atomic E-state index is 9.47. The molecule has 0 spiro atoms. The Morgan fingerprint density at radius 3 is 1.47 bits per heavy atom. The Kier molecular flexibility index (Phi) is 4.10. The van der Waals surface area contributed by atoms with E-state index in [0.29, 0.717) is 0 Å². The fourth-order valence-electron chi connectivity index (χ4n) is 1.13. The molecule has 0 aliphatic heterocycles. The van der Waals surface area contributed by atoms with Gasteiger partial charge in [0.2, 0.25) is 5.91 Å². The van der Waals surface area contributed by atoms with Gasteiger partial charge in [-0.25, -0.2) is 0 Å². The summed E-state index contributed by atoms with van der Waals surface area (Å²) in [6.45, 7) is 3.09. The molecule has 0 saturated carbocycles. The smallest absolute Gasteiger partial charge is 0.240 e. The molecule has 0 heterocycles. The van der Waals surface area contributed by atoms with Crippen molar-refractivity contribution < 1.29 is 4.79 Å². The molecule has 0 atom stereocenters. The van der Waals surface area contributed by atoms with Crippen molar-refractivity contribution >= 4 is 16.7 Å². The number of fused-ring (bicyclic) bond motifs is 1. The van der Waals surface area contributed by atoms with Crippen LogP contribution in [0.2, 0.25) is 0 Å². The van der Waals surface area contributed by atoms with Crippen molar-refractivity contribution in [3.63, 3.8) is 0 Å². The number of carbonyl (C=O) groups excluding carboxylic acids is 1. The van der Waals surface area contributed by atoms with E-state index in [0.717, 1.165) is 6.08 Å². The molecular formula is C13H13NO. The summed E-state index contributed by atoms with van der Waals surface area (Å²) in [6, 6.07) is 16.7. The van der Waals surface area contributed by atoms with E-state index in [1.807, 2.05) is 0 Å². The Balaban J connectivity index is 0.000000195. The summed E-state index contributed by atoms with van der Waals surface area (Å²) in [6.07, 6.45) is 1.06. The first-order chi connectivity index (χ1) is 7.24. The third-order valence-corrected chi connectivity index (χ3v) is 1.86. The Morgan fingerprint density at radius 2 is 1.27 bits per heavy atom. The maximum Gasteiger partial charge on any atom is 0.240 e. The summed E-state index contributed by atoms with van der Waals surface area (Å²) < 4.78 is 0. The number of carbonyl (C=O) groups is 1. The lowest BCUT2D eigenvalue weighted by atomic mass is 10.1. The lowest BCUT2D eigenvalue weighted by Crippen LogP contribution is -2.04. The van der Waals surface area contributed by atoms with Crippen LogP contribution in [-0.4, -0.2) is 5.91 Å². The van der Waals surface area contributed by atoms with Crippen LogP contribution in [0.5, 0.6) is 0 Å². The average Bonchev–Trinajstić information content (AvgIpc) is 2.30. The van der Waals surface area contributed by atoms with Gasteiger partial charge in [0, 0.05) is 0 Å². The lowest BCUT2D eigenvalue weighted by Gasteiger charge is -1.92. The van der Waals surface area contributed by atoms with Gasteiger partial charge in [-0.05, 0) is 16.8 Å². The van der Waals surface area contributed by atoms with Crippen LogP contribution in [0.4, 0.5) is 0 Å². The van der Waals surface area contributed by atoms with Gasteiger partial charge in [-0.1, -0.05) is 55.1 Å². The normalized spacial score (nSPS) is 8.80. The van der Waals surface area contributed by atoms with Crippen LogP contribution in [-0.2, 0) is 4.79 Å². The van der Waals surface area contributed by atoms with Gasteiger partial charge in [0.25, 0.3) is 0 Å². The second-order valence-electron chi connectivity index (χ2n) is 2.95. The molecule has 0 aliphatic carbocycles. The lowest BCUT2D eigenvalue weighted by molar-refractivity contribution is -0.113. The van der Waals surface area contributed by atoms with Crippen LogP contribution >= 0.6 is 0 Å². The van der Waals surface area contributed by atoms with Gasteiger partial charge in [0.15, 0.2) is 0 Å². The first kappa shape index (κ1) is 11.0. The molecular weight excluding hydrogens is 186 g/mol. The Morgan fingerprint density at radius 1 is 1.00 bits per heavy atom. The van der Waals surface area contributed by atoms with Crippen molar-refractivity contribution in [3.05, 3.63) is 61.2 Å². The quantitative estimate of drug-likeness (QED) is 0.704. The average molecular weight is 199 g/mol. The van der Waals surface area contributed by atoms with E-state index < -0.39 is 5.91 Å². The Labute approximate surface area is 89.0 Å². The van der Waals surface area contributed by atoms with Gasteiger partial charge < -0.3 is 5.73 Å². The zero-order chi connectivity index (χ0) is 11.1. The molecule has 2 rings (SSSR count). The fourth-order valence-corrected chi connectivity index (χ4v) is 1.13. The topological polar surface area (TPSA) is 43.1 Å². The fraction of sp³-hybridized carbons (Fsp3) is 0. The zero-order valence-electron chi connectivity index (χ0n) is 8.39. The van der Waals surface area contributed by atoms with Crippen LogP contribution < -0.4 is 5.73 Å². The molecule has 0 unspecified atom stereocenters. The molecule has 0 radical (unpaired) electrons. The monoisotopic (exact) mass is 199 g/mol. The van der Waals surface area contributed by atoms with Gasteiger partial charge >= 0.3 is 0 Å². The second kappa shape index (κ2) is 5.60. The summed E-state index contributed by atoms with van der Waals surface area (Å²) in [5.74, 6) is -0.481. The standard InChI is InChI=1S/C10H8.C3H5NO/c1-2-6-10-8-4-3-7-9(10)5-1;1-2-3(4)5/h1-8H;2H,1H2,(H2,4,5). The van der Waals surface area contributed by atoms with Gasteiger partial charge in [0.05, 0.1) is 0 Å². The van der Waals surface area contributed by atoms with Crippen LogP contribution in [0, 0.1) is 0 Å². The molecule has 0 aromatic heterocycles. The van der Waals surface area contributed by atoms with Gasteiger partial charge in [0.1, 0.15) is 0 Å². The van der Waals surface area contributed by atoms with Gasteiger partial charge in [-0.15, -0.1) is 0 Å². The van der Waals surface area contributed by atoms with E-state index in [9.17, 15) is 4.79 Å². The highest BCUT2D eigenvalue weighted by Crippen LogP contribution is 2.11. The van der Waals surface area contributed by atoms with E-state index in [1.165, 1.54) is 10.8 Å². The molecule has 0 fully saturated rings. The van der Waals surface area contributed by atoms with Crippen molar-refractivity contribution in [3.8, 4) is 0 Å². The molecule has 0 bridgehead atoms. The number of hydrogen-bond acceptors (Lipinski definition) is 1. The molecule has 2 N–H and O–H groups in total. The van der Waals surface area contributed by atoms with Crippen molar-refractivity contribution in [1.29, 1.82) is 0 Å². The summed E-state index contributed by atoms with van der Waals surface area (Å²) >= 11 is 0. The van der Waals surface area contributed by atoms with Crippen molar-refractivity contribution in [1.82, 2.24) is 0 Å². The minimum absolute atomic E-state index is 0.481. The van der Waals surface area contributed by atoms with E-state index in [2.05, 4.69) is 60.8 Å². The van der Waals surface area contributed by atoms with Crippen molar-refractivity contribution in [2.45, 2.75) is 0 Å². The predicted molar refractivity (Wildman–Crippen MR) is 63.3 cm³/mol. The number of rotatable bonds is 1. The highest BCUT2D eigenvalue weighted by Gasteiger charge is 1.85. The maximum atomic E-state index is 9.47. The molecule has 2 heteroatoms. The minimum Gasteiger partial charge on any atom is -0.366 e. The van der Waals surface area contributed by atoms with E-state index in [4.69, 9.17) is 0 Å². The summed E-state index contributed by atoms with van der Waals surface area (Å²) in [5.41, 5.74) is 4.53. The van der Waals surface area contributed by atoms with Crippen LogP contribution in [0.25, 0.3) is 10.8 Å². The number of hydrogen-bond donors (Lipinski definition) is 1. The predicted octanol–water partition coefficient (Wildman–Crippen LogP) is 2.50. The number of amides is 1. The third-order valence-electron chi connectivity index (χ3n) is 1.86. The highest BCUT2D eigenvalue weighted by molar-refractivity contribution is 5.85. The molecule has 2 aromatic rings. The first-order valence-corrected chi connectivity index (χ1v) is 4.59. The molecule has 0 saturated heterocycles. The first-order valence-electron chi connectivity index (χ1n) is 4.59. The SMILES string of the molecule is C=CC(N)=O.c1ccc2ccccc2c1. The van der Waals surface area contributed by atoms with E-state index in [1.54, 1.807) is 0 Å². The number of nitrogens with two attached hydrogens (primary N) is 1. The largest absolute Gasteiger partial charge is 0.366 e. The highest BCUT2D eigenvalue weighted by atomic mass is 16.1. The molecule has 2 nitrogen and oxygen atoms in total. The summed E-state index contributed by atoms with van der Waals surface area (Å²) in [4.78, 5) is 9.47. The second-order valence-corrected chi connectivity index (χ2v) is 2.95. The molecule has 1 amide bonds. The van der Waals surface area contributed by atoms with Gasteiger partial charge in [-0.3, -0.25) is 4.79 Å². The Bertz CT molecular complexity index is 397. The number of primary amides is 1. The molecule has 2 aromatic carbocycles. The Hall–Kier alpha value is -2.09. The van der Waals surface area contributed by atoms with Crippen molar-refractivity contribution in [2.24, 2.45) is 5.73 Å². The third kappa shape index (κ3) is 3.65. The summed E-state index contributed by atoms with van der Waals surface area (Å²) in [7, 11) is 0. The van der Waals surface area contributed by atoms with Crippen LogP contribution in [0.3, 0.4) is 0 Å². The van der Waals surface area contributed by atoms with Crippen LogP contribution in [0.1, 0.15) is 0 Å². The minimum atomic E-state index is -0.481. The molecule has 15 heavy (non-hydrogen) atoms. The van der Waals surface area contributed by atoms with E-state index >= 15 is 0 Å². The van der Waals surface area contributed by atoms with Crippen LogP contribution in [0.15, 0.2) is 61.2 Å². The van der Waals surface area contributed by atoms with E-state index in [-0.39, 0.29) is 0 Å². The van der Waals surface area contributed by atoms with Gasteiger partial charge in [-0.2, -0.15) is 0 Å². The number of benzene rings is 2. The van der Waals surface area contributed by atoms with Crippen molar-refractivity contribution in [2.75, 3.05) is 0 Å².